The molecule has 0 aliphatic heterocycles. The van der Waals surface area contributed by atoms with Crippen LogP contribution in [0, 0.1) is 6.92 Å². The van der Waals surface area contributed by atoms with Gasteiger partial charge in [-0.25, -0.2) is 18.4 Å². The number of halogens is 4. The number of ether oxygens (including phenoxy) is 1. The number of rotatable bonds is 6. The Kier molecular flexibility index (Phi) is 5.95. The van der Waals surface area contributed by atoms with Gasteiger partial charge in [0.15, 0.2) is 5.75 Å². The number of alkyl halides is 3. The van der Waals surface area contributed by atoms with Crippen LogP contribution in [0.5, 0.6) is 11.6 Å². The van der Waals surface area contributed by atoms with Crippen molar-refractivity contribution < 1.29 is 26.3 Å². The first-order valence-corrected chi connectivity index (χ1v) is 12.0. The van der Waals surface area contributed by atoms with Crippen molar-refractivity contribution in [2.24, 2.45) is 0 Å². The summed E-state index contributed by atoms with van der Waals surface area (Å²) in [5.41, 5.74) is 0.325. The molecule has 0 unspecified atom stereocenters. The van der Waals surface area contributed by atoms with E-state index in [1.165, 1.54) is 25.4 Å². The summed E-state index contributed by atoms with van der Waals surface area (Å²) in [6, 6.07) is 5.51. The second-order valence-electron chi connectivity index (χ2n) is 7.73. The van der Waals surface area contributed by atoms with Crippen molar-refractivity contribution in [1.29, 1.82) is 0 Å². The lowest BCUT2D eigenvalue weighted by molar-refractivity contribution is -0.141. The molecule has 1 N–H and O–H groups in total. The molecule has 0 bridgehead atoms. The Bertz CT molecular complexity index is 1330. The summed E-state index contributed by atoms with van der Waals surface area (Å²) in [5, 5.41) is 0.369. The number of aryl methyl sites for hydroxylation is 1. The van der Waals surface area contributed by atoms with Gasteiger partial charge in [0.1, 0.15) is 11.4 Å². The van der Waals surface area contributed by atoms with Crippen LogP contribution in [0.4, 0.5) is 18.9 Å². The van der Waals surface area contributed by atoms with E-state index in [9.17, 15) is 21.6 Å². The maximum absolute atomic E-state index is 13.3. The number of anilines is 1. The van der Waals surface area contributed by atoms with Gasteiger partial charge in [-0.3, -0.25) is 9.71 Å². The minimum Gasteiger partial charge on any atom is -0.435 e. The highest BCUT2D eigenvalue weighted by atomic mass is 35.5. The molecule has 1 aliphatic rings. The number of nitrogens with zero attached hydrogens (tertiary/aromatic N) is 3. The Morgan fingerprint density at radius 1 is 1.15 bits per heavy atom. The molecule has 12 heteroatoms. The number of hydrogen-bond donors (Lipinski definition) is 1. The van der Waals surface area contributed by atoms with Crippen LogP contribution in [0.25, 0.3) is 11.3 Å². The minimum absolute atomic E-state index is 0.0253. The molecule has 7 nitrogen and oxygen atoms in total. The van der Waals surface area contributed by atoms with Crippen LogP contribution in [0.1, 0.15) is 35.7 Å². The van der Waals surface area contributed by atoms with E-state index in [1.54, 1.807) is 12.1 Å². The average molecular weight is 499 g/mol. The Balaban J connectivity index is 1.83. The first-order chi connectivity index (χ1) is 15.4. The minimum atomic E-state index is -4.60. The summed E-state index contributed by atoms with van der Waals surface area (Å²) in [6.07, 6.45) is 0.684. The third kappa shape index (κ3) is 5.53. The van der Waals surface area contributed by atoms with Gasteiger partial charge >= 0.3 is 6.18 Å². The first-order valence-electron chi connectivity index (χ1n) is 9.77. The lowest BCUT2D eigenvalue weighted by Gasteiger charge is -2.18. The van der Waals surface area contributed by atoms with Gasteiger partial charge in [-0.05, 0) is 49.6 Å². The number of pyridine rings is 3. The summed E-state index contributed by atoms with van der Waals surface area (Å²) < 4.78 is 71.9. The maximum atomic E-state index is 13.3. The fourth-order valence-electron chi connectivity index (χ4n) is 3.20. The van der Waals surface area contributed by atoms with Gasteiger partial charge in [-0.2, -0.15) is 13.2 Å². The van der Waals surface area contributed by atoms with Crippen LogP contribution < -0.4 is 9.46 Å². The Hall–Kier alpha value is -2.92. The first kappa shape index (κ1) is 23.2. The van der Waals surface area contributed by atoms with Crippen LogP contribution in [0.2, 0.25) is 5.02 Å². The molecule has 3 heterocycles. The molecule has 1 saturated carbocycles. The van der Waals surface area contributed by atoms with Gasteiger partial charge < -0.3 is 4.74 Å². The lowest BCUT2D eigenvalue weighted by atomic mass is 10.1. The second kappa shape index (κ2) is 8.45. The summed E-state index contributed by atoms with van der Waals surface area (Å²) in [4.78, 5) is 12.2. The molecule has 33 heavy (non-hydrogen) atoms. The quantitative estimate of drug-likeness (QED) is 0.478. The highest BCUT2D eigenvalue weighted by molar-refractivity contribution is 7.92. The van der Waals surface area contributed by atoms with Crippen molar-refractivity contribution in [1.82, 2.24) is 15.0 Å². The third-order valence-electron chi connectivity index (χ3n) is 4.79. The Labute approximate surface area is 193 Å². The molecule has 0 spiro atoms. The van der Waals surface area contributed by atoms with E-state index in [1.807, 2.05) is 0 Å². The maximum Gasteiger partial charge on any atom is 0.433 e. The molecule has 0 atom stereocenters. The van der Waals surface area contributed by atoms with Gasteiger partial charge in [0.25, 0.3) is 0 Å². The molecule has 3 aromatic heterocycles. The van der Waals surface area contributed by atoms with Gasteiger partial charge in [0, 0.05) is 23.9 Å². The third-order valence-corrected chi connectivity index (χ3v) is 5.59. The normalized spacial score (nSPS) is 14.2. The molecule has 174 valence electrons. The molecule has 0 radical (unpaired) electrons. The standard InChI is InChI=1S/C21H18ClF3N4O3S/c1-11-7-17(21(23,24)25)28-18(12-3-4-12)19(11)32-20-16(29-33(2,30)31)6-5-15(27-20)13-8-14(22)10-26-9-13/h5-10,12,29H,3-4H2,1-2H3. The van der Waals surface area contributed by atoms with Crippen molar-refractivity contribution in [3.8, 4) is 22.9 Å². The van der Waals surface area contributed by atoms with Crippen molar-refractivity contribution in [2.45, 2.75) is 31.9 Å². The van der Waals surface area contributed by atoms with Crippen molar-refractivity contribution >= 4 is 27.3 Å². The summed E-state index contributed by atoms with van der Waals surface area (Å²) in [7, 11) is -3.69. The van der Waals surface area contributed by atoms with E-state index in [4.69, 9.17) is 16.3 Å². The van der Waals surface area contributed by atoms with E-state index in [0.717, 1.165) is 12.3 Å². The fourth-order valence-corrected chi connectivity index (χ4v) is 3.93. The molecular weight excluding hydrogens is 481 g/mol. The van der Waals surface area contributed by atoms with Crippen LogP contribution in [0.15, 0.2) is 36.7 Å². The average Bonchev–Trinajstić information content (AvgIpc) is 3.54. The Morgan fingerprint density at radius 3 is 2.48 bits per heavy atom. The second-order valence-corrected chi connectivity index (χ2v) is 9.91. The summed E-state index contributed by atoms with van der Waals surface area (Å²) in [5.74, 6) is -0.187. The molecule has 3 aromatic rings. The number of aromatic nitrogens is 3. The fraction of sp³-hybridized carbons (Fsp3) is 0.286. The van der Waals surface area contributed by atoms with Crippen LogP contribution in [0.3, 0.4) is 0 Å². The molecular formula is C21H18ClF3N4O3S. The van der Waals surface area contributed by atoms with Crippen LogP contribution >= 0.6 is 11.6 Å². The molecule has 0 amide bonds. The SMILES string of the molecule is Cc1cc(C(F)(F)F)nc(C2CC2)c1Oc1nc(-c2cncc(Cl)c2)ccc1NS(C)(=O)=O. The van der Waals surface area contributed by atoms with Crippen molar-refractivity contribution in [3.63, 3.8) is 0 Å². The molecule has 1 fully saturated rings. The zero-order valence-corrected chi connectivity index (χ0v) is 19.0. The zero-order chi connectivity index (χ0) is 24.0. The van der Waals surface area contributed by atoms with E-state index >= 15 is 0 Å². The van der Waals surface area contributed by atoms with E-state index in [0.29, 0.717) is 29.1 Å². The topological polar surface area (TPSA) is 94.1 Å². The summed E-state index contributed by atoms with van der Waals surface area (Å²) in [6.45, 7) is 1.48. The molecule has 0 saturated heterocycles. The number of hydrogen-bond acceptors (Lipinski definition) is 6. The van der Waals surface area contributed by atoms with Gasteiger partial charge in [-0.1, -0.05) is 11.6 Å². The van der Waals surface area contributed by atoms with Crippen LogP contribution in [-0.4, -0.2) is 29.6 Å². The van der Waals surface area contributed by atoms with E-state index < -0.39 is 21.9 Å². The smallest absolute Gasteiger partial charge is 0.433 e. The van der Waals surface area contributed by atoms with Crippen LogP contribution in [-0.2, 0) is 16.2 Å². The molecule has 1 aliphatic carbocycles. The highest BCUT2D eigenvalue weighted by Gasteiger charge is 2.37. The van der Waals surface area contributed by atoms with E-state index in [2.05, 4.69) is 19.7 Å². The Morgan fingerprint density at radius 2 is 1.88 bits per heavy atom. The summed E-state index contributed by atoms with van der Waals surface area (Å²) >= 11 is 6.00. The predicted octanol–water partition coefficient (Wildman–Crippen LogP) is 5.56. The van der Waals surface area contributed by atoms with E-state index in [-0.39, 0.29) is 34.5 Å². The lowest BCUT2D eigenvalue weighted by Crippen LogP contribution is -2.13. The monoisotopic (exact) mass is 498 g/mol. The molecule has 0 aromatic carbocycles. The molecule has 4 rings (SSSR count). The zero-order valence-electron chi connectivity index (χ0n) is 17.4. The van der Waals surface area contributed by atoms with Gasteiger partial charge in [0.2, 0.25) is 15.9 Å². The highest BCUT2D eigenvalue weighted by Crippen LogP contribution is 2.47. The number of nitrogens with one attached hydrogen (secondary N) is 1. The predicted molar refractivity (Wildman–Crippen MR) is 117 cm³/mol. The van der Waals surface area contributed by atoms with Gasteiger partial charge in [-0.15, -0.1) is 0 Å². The van der Waals surface area contributed by atoms with Gasteiger partial charge in [0.05, 0.1) is 22.7 Å². The largest absolute Gasteiger partial charge is 0.435 e. The van der Waals surface area contributed by atoms with Crippen molar-refractivity contribution in [2.75, 3.05) is 11.0 Å². The number of sulfonamides is 1. The van der Waals surface area contributed by atoms with Crippen molar-refractivity contribution in [3.05, 3.63) is 58.6 Å².